The van der Waals surface area contributed by atoms with Crippen molar-refractivity contribution in [3.8, 4) is 0 Å². The van der Waals surface area contributed by atoms with Crippen LogP contribution in [0.15, 0.2) is 10.2 Å². The zero-order chi connectivity index (χ0) is 13.0. The lowest BCUT2D eigenvalue weighted by molar-refractivity contribution is -0.131. The van der Waals surface area contributed by atoms with Gasteiger partial charge in [-0.15, -0.1) is 0 Å². The Morgan fingerprint density at radius 3 is 2.50 bits per heavy atom. The second-order valence-corrected chi connectivity index (χ2v) is 5.66. The third kappa shape index (κ3) is 3.22. The summed E-state index contributed by atoms with van der Waals surface area (Å²) in [4.78, 5) is 25.6. The fourth-order valence-corrected chi connectivity index (χ4v) is 3.12. The molecule has 1 aromatic heterocycles. The van der Waals surface area contributed by atoms with Gasteiger partial charge in [0.25, 0.3) is 0 Å². The first kappa shape index (κ1) is 13.3. The van der Waals surface area contributed by atoms with Crippen LogP contribution in [0.1, 0.15) is 37.8 Å². The van der Waals surface area contributed by atoms with Gasteiger partial charge in [-0.3, -0.25) is 9.59 Å². The molecule has 0 N–H and O–H groups in total. The van der Waals surface area contributed by atoms with Crippen LogP contribution in [0.2, 0.25) is 0 Å². The number of likely N-dealkylation sites (tertiary alicyclic amines) is 1. The molecule has 1 aromatic rings. The first-order valence-electron chi connectivity index (χ1n) is 6.61. The average Bonchev–Trinajstić information content (AvgIpc) is 2.61. The van der Waals surface area contributed by atoms with Crippen LogP contribution in [0.25, 0.3) is 0 Å². The minimum Gasteiger partial charge on any atom is -0.343 e. The fraction of sp³-hybridized carbons (Fsp3) is 0.692. The Bertz CT molecular complexity index is 456. The Morgan fingerprint density at radius 1 is 1.28 bits per heavy atom. The molecule has 0 atom stereocenters. The zero-order valence-electron chi connectivity index (χ0n) is 10.9. The predicted octanol–water partition coefficient (Wildman–Crippen LogP) is 2.01. The van der Waals surface area contributed by atoms with Gasteiger partial charge < -0.3 is 9.47 Å². The van der Waals surface area contributed by atoms with Gasteiger partial charge in [-0.1, -0.05) is 24.2 Å². The number of hydrogen-bond acceptors (Lipinski definition) is 3. The Hall–Kier alpha value is -1.10. The maximum absolute atomic E-state index is 12.1. The summed E-state index contributed by atoms with van der Waals surface area (Å²) in [5, 5.41) is 1.85. The summed E-state index contributed by atoms with van der Waals surface area (Å²) in [7, 11) is 0. The molecule has 18 heavy (non-hydrogen) atoms. The largest absolute Gasteiger partial charge is 0.343 e. The van der Waals surface area contributed by atoms with Crippen molar-refractivity contribution >= 4 is 17.2 Å². The summed E-state index contributed by atoms with van der Waals surface area (Å²) in [6, 6.07) is 0. The van der Waals surface area contributed by atoms with Gasteiger partial charge in [0, 0.05) is 37.1 Å². The van der Waals surface area contributed by atoms with Crippen LogP contribution in [0.5, 0.6) is 0 Å². The summed E-state index contributed by atoms with van der Waals surface area (Å²) in [5.41, 5.74) is 0.952. The Labute approximate surface area is 111 Å². The molecule has 0 bridgehead atoms. The van der Waals surface area contributed by atoms with Crippen molar-refractivity contribution < 1.29 is 4.79 Å². The molecule has 0 unspecified atom stereocenters. The van der Waals surface area contributed by atoms with E-state index in [0.29, 0.717) is 13.0 Å². The Kier molecular flexibility index (Phi) is 4.58. The highest BCUT2D eigenvalue weighted by molar-refractivity contribution is 7.07. The van der Waals surface area contributed by atoms with E-state index in [-0.39, 0.29) is 10.8 Å². The van der Waals surface area contributed by atoms with Gasteiger partial charge in [0.05, 0.1) is 0 Å². The highest BCUT2D eigenvalue weighted by atomic mass is 32.1. The van der Waals surface area contributed by atoms with E-state index in [4.69, 9.17) is 0 Å². The van der Waals surface area contributed by atoms with Gasteiger partial charge in [0.1, 0.15) is 0 Å². The molecule has 100 valence electrons. The van der Waals surface area contributed by atoms with Crippen LogP contribution in [-0.2, 0) is 11.3 Å². The first-order valence-corrected chi connectivity index (χ1v) is 7.49. The zero-order valence-corrected chi connectivity index (χ0v) is 11.7. The second kappa shape index (κ2) is 6.18. The minimum absolute atomic E-state index is 0.0381. The van der Waals surface area contributed by atoms with Gasteiger partial charge in [-0.2, -0.15) is 0 Å². The lowest BCUT2D eigenvalue weighted by Gasteiger charge is -2.20. The smallest absolute Gasteiger partial charge is 0.307 e. The third-order valence-electron chi connectivity index (χ3n) is 3.48. The molecular weight excluding hydrogens is 248 g/mol. The van der Waals surface area contributed by atoms with Gasteiger partial charge in [-0.25, -0.2) is 0 Å². The van der Waals surface area contributed by atoms with Crippen molar-refractivity contribution in [3.05, 3.63) is 20.7 Å². The van der Waals surface area contributed by atoms with Crippen LogP contribution >= 0.6 is 11.3 Å². The number of carbonyl (C=O) groups excluding carboxylic acids is 1. The molecule has 5 heteroatoms. The van der Waals surface area contributed by atoms with Gasteiger partial charge >= 0.3 is 4.87 Å². The molecule has 2 heterocycles. The number of thiazole rings is 1. The molecule has 1 aliphatic rings. The minimum atomic E-state index is 0.0381. The van der Waals surface area contributed by atoms with Crippen molar-refractivity contribution in [2.75, 3.05) is 13.1 Å². The van der Waals surface area contributed by atoms with Crippen molar-refractivity contribution in [1.29, 1.82) is 0 Å². The van der Waals surface area contributed by atoms with Crippen LogP contribution in [0, 0.1) is 6.92 Å². The maximum atomic E-state index is 12.1. The van der Waals surface area contributed by atoms with Crippen molar-refractivity contribution in [1.82, 2.24) is 9.47 Å². The summed E-state index contributed by atoms with van der Waals surface area (Å²) in [6.45, 7) is 4.20. The topological polar surface area (TPSA) is 42.3 Å². The highest BCUT2D eigenvalue weighted by Gasteiger charge is 2.15. The number of aromatic nitrogens is 1. The van der Waals surface area contributed by atoms with Crippen LogP contribution in [-0.4, -0.2) is 28.5 Å². The van der Waals surface area contributed by atoms with Gasteiger partial charge in [-0.05, 0) is 19.8 Å². The second-order valence-electron chi connectivity index (χ2n) is 4.84. The van der Waals surface area contributed by atoms with E-state index in [0.717, 1.165) is 31.6 Å². The molecule has 1 amide bonds. The number of nitrogens with zero attached hydrogens (tertiary/aromatic N) is 2. The summed E-state index contributed by atoms with van der Waals surface area (Å²) < 4.78 is 1.69. The predicted molar refractivity (Wildman–Crippen MR) is 73.0 cm³/mol. The van der Waals surface area contributed by atoms with E-state index < -0.39 is 0 Å². The Morgan fingerprint density at radius 2 is 1.94 bits per heavy atom. The van der Waals surface area contributed by atoms with Crippen LogP contribution in [0.3, 0.4) is 0 Å². The van der Waals surface area contributed by atoms with Crippen LogP contribution < -0.4 is 4.87 Å². The standard InChI is InChI=1S/C13H20N2O2S/c1-11-10-18-13(17)15(11)9-6-12(16)14-7-4-2-3-5-8-14/h10H,2-9H2,1H3. The average molecular weight is 268 g/mol. The molecule has 2 rings (SSSR count). The number of carbonyl (C=O) groups is 1. The van der Waals surface area contributed by atoms with E-state index >= 15 is 0 Å². The number of rotatable bonds is 3. The van der Waals surface area contributed by atoms with Crippen molar-refractivity contribution in [3.63, 3.8) is 0 Å². The van der Waals surface area contributed by atoms with E-state index in [2.05, 4.69) is 0 Å². The molecule has 0 spiro atoms. The number of hydrogen-bond donors (Lipinski definition) is 0. The Balaban J connectivity index is 1.89. The van der Waals surface area contributed by atoms with E-state index in [1.165, 1.54) is 24.2 Å². The van der Waals surface area contributed by atoms with Gasteiger partial charge in [0.2, 0.25) is 5.91 Å². The SMILES string of the molecule is Cc1csc(=O)n1CCC(=O)N1CCCCCC1. The summed E-state index contributed by atoms with van der Waals surface area (Å²) >= 11 is 1.20. The van der Waals surface area contributed by atoms with E-state index in [9.17, 15) is 9.59 Å². The highest BCUT2D eigenvalue weighted by Crippen LogP contribution is 2.11. The molecule has 0 saturated carbocycles. The van der Waals surface area contributed by atoms with Gasteiger partial charge in [0.15, 0.2) is 0 Å². The van der Waals surface area contributed by atoms with E-state index in [1.807, 2.05) is 17.2 Å². The molecule has 0 aliphatic carbocycles. The molecular formula is C13H20N2O2S. The van der Waals surface area contributed by atoms with E-state index in [1.54, 1.807) is 4.57 Å². The van der Waals surface area contributed by atoms with Crippen molar-refractivity contribution in [2.45, 2.75) is 45.6 Å². The molecule has 1 aliphatic heterocycles. The third-order valence-corrected chi connectivity index (χ3v) is 4.37. The molecule has 0 aromatic carbocycles. The molecule has 1 fully saturated rings. The number of amides is 1. The molecule has 4 nitrogen and oxygen atoms in total. The fourth-order valence-electron chi connectivity index (χ4n) is 2.36. The first-order chi connectivity index (χ1) is 8.68. The molecule has 0 radical (unpaired) electrons. The molecule has 1 saturated heterocycles. The quantitative estimate of drug-likeness (QED) is 0.841. The summed E-state index contributed by atoms with van der Waals surface area (Å²) in [5.74, 6) is 0.189. The van der Waals surface area contributed by atoms with Crippen molar-refractivity contribution in [2.24, 2.45) is 0 Å². The normalized spacial score (nSPS) is 16.6. The summed E-state index contributed by atoms with van der Waals surface area (Å²) in [6.07, 6.45) is 5.13. The lowest BCUT2D eigenvalue weighted by atomic mass is 10.2. The maximum Gasteiger partial charge on any atom is 0.307 e. The lowest BCUT2D eigenvalue weighted by Crippen LogP contribution is -2.33. The number of aryl methyl sites for hydroxylation is 1. The van der Waals surface area contributed by atoms with Crippen LogP contribution in [0.4, 0.5) is 0 Å². The monoisotopic (exact) mass is 268 g/mol.